The van der Waals surface area contributed by atoms with Gasteiger partial charge in [-0.15, -0.1) is 0 Å². The number of imide groups is 1. The van der Waals surface area contributed by atoms with E-state index in [1.807, 2.05) is 60.7 Å². The molecule has 0 aliphatic carbocycles. The summed E-state index contributed by atoms with van der Waals surface area (Å²) >= 11 is 0. The van der Waals surface area contributed by atoms with Crippen LogP contribution in [0.1, 0.15) is 11.1 Å². The minimum atomic E-state index is -0.913. The largest absolute Gasteiger partial charge is 0.444 e. The van der Waals surface area contributed by atoms with Gasteiger partial charge in [-0.05, 0) is 11.1 Å². The van der Waals surface area contributed by atoms with Crippen molar-refractivity contribution in [2.75, 3.05) is 14.1 Å². The van der Waals surface area contributed by atoms with E-state index in [1.54, 1.807) is 19.0 Å². The minimum absolute atomic E-state index is 0.0115. The van der Waals surface area contributed by atoms with E-state index in [9.17, 15) is 14.4 Å². The van der Waals surface area contributed by atoms with Crippen molar-refractivity contribution < 1.29 is 19.1 Å². The predicted octanol–water partition coefficient (Wildman–Crippen LogP) is 2.79. The third-order valence-corrected chi connectivity index (χ3v) is 4.39. The number of nitrogens with zero attached hydrogens (tertiary/aromatic N) is 2. The van der Waals surface area contributed by atoms with Gasteiger partial charge in [-0.2, -0.15) is 0 Å². The molecule has 1 heterocycles. The number of Topliss-reactive ketones (excluding diaryl/α,β-unsaturated/α-hetero) is 1. The number of ketones is 1. The topological polar surface area (TPSA) is 66.9 Å². The first-order valence-corrected chi connectivity index (χ1v) is 8.98. The van der Waals surface area contributed by atoms with Crippen LogP contribution in [0.2, 0.25) is 0 Å². The molecule has 1 aliphatic heterocycles. The molecule has 1 saturated heterocycles. The molecule has 0 spiro atoms. The molecule has 0 radical (unpaired) electrons. The summed E-state index contributed by atoms with van der Waals surface area (Å²) in [6.45, 7) is 0.0302. The lowest BCUT2D eigenvalue weighted by atomic mass is 10.0. The summed E-state index contributed by atoms with van der Waals surface area (Å²) in [5.41, 5.74) is 1.65. The van der Waals surface area contributed by atoms with Gasteiger partial charge < -0.3 is 9.64 Å². The third kappa shape index (κ3) is 4.28. The van der Waals surface area contributed by atoms with E-state index in [1.165, 1.54) is 6.20 Å². The van der Waals surface area contributed by atoms with E-state index in [0.717, 1.165) is 16.0 Å². The number of hydrogen-bond donors (Lipinski definition) is 0. The zero-order valence-corrected chi connectivity index (χ0v) is 15.9. The van der Waals surface area contributed by atoms with E-state index < -0.39 is 18.0 Å². The van der Waals surface area contributed by atoms with Crippen molar-refractivity contribution in [3.8, 4) is 0 Å². The number of carbonyl (C=O) groups excluding carboxylic acids is 3. The molecule has 0 N–H and O–H groups in total. The Morgan fingerprint density at radius 1 is 1.00 bits per heavy atom. The van der Waals surface area contributed by atoms with E-state index in [4.69, 9.17) is 4.74 Å². The maximum Gasteiger partial charge on any atom is 0.417 e. The fourth-order valence-electron chi connectivity index (χ4n) is 3.07. The maximum atomic E-state index is 12.9. The molecule has 2 aromatic rings. The Morgan fingerprint density at radius 3 is 2.14 bits per heavy atom. The van der Waals surface area contributed by atoms with Crippen LogP contribution in [0.4, 0.5) is 4.79 Å². The third-order valence-electron chi connectivity index (χ3n) is 4.39. The van der Waals surface area contributed by atoms with Crippen molar-refractivity contribution in [3.05, 3.63) is 83.6 Å². The van der Waals surface area contributed by atoms with Crippen LogP contribution in [0.5, 0.6) is 0 Å². The zero-order chi connectivity index (χ0) is 20.1. The van der Waals surface area contributed by atoms with Crippen LogP contribution in [-0.2, 0) is 27.4 Å². The second-order valence-corrected chi connectivity index (χ2v) is 6.79. The molecule has 6 heteroatoms. The number of hydrogen-bond acceptors (Lipinski definition) is 5. The number of likely N-dealkylation sites (tertiary alicyclic amines) is 1. The van der Waals surface area contributed by atoms with Crippen LogP contribution < -0.4 is 0 Å². The minimum Gasteiger partial charge on any atom is -0.444 e. The molecule has 3 rings (SSSR count). The average molecular weight is 378 g/mol. The predicted molar refractivity (Wildman–Crippen MR) is 104 cm³/mol. The summed E-state index contributed by atoms with van der Waals surface area (Å²) in [6.07, 6.45) is 0.884. The standard InChI is InChI=1S/C22H22N2O4/c1-23(2)14-18-20(25)19(13-16-9-5-3-6-10-16)24(21(18)26)22(27)28-15-17-11-7-4-8-12-17/h3-12,14,19H,13,15H2,1-2H3/b18-14+. The van der Waals surface area contributed by atoms with E-state index >= 15 is 0 Å². The Labute approximate surface area is 164 Å². The Morgan fingerprint density at radius 2 is 1.57 bits per heavy atom. The first-order valence-electron chi connectivity index (χ1n) is 8.98. The van der Waals surface area contributed by atoms with Crippen LogP contribution in [0.3, 0.4) is 0 Å². The molecule has 2 amide bonds. The summed E-state index contributed by atoms with van der Waals surface area (Å²) < 4.78 is 5.33. The molecule has 6 nitrogen and oxygen atoms in total. The fraction of sp³-hybridized carbons (Fsp3) is 0.227. The summed E-state index contributed by atoms with van der Waals surface area (Å²) in [5, 5.41) is 0. The second-order valence-electron chi connectivity index (χ2n) is 6.79. The number of amides is 2. The number of ether oxygens (including phenoxy) is 1. The first kappa shape index (κ1) is 19.4. The summed E-state index contributed by atoms with van der Waals surface area (Å²) in [4.78, 5) is 40.9. The lowest BCUT2D eigenvalue weighted by molar-refractivity contribution is -0.125. The quantitative estimate of drug-likeness (QED) is 0.591. The lowest BCUT2D eigenvalue weighted by Crippen LogP contribution is -2.42. The summed E-state index contributed by atoms with van der Waals surface area (Å²) in [5.74, 6) is -1.00. The van der Waals surface area contributed by atoms with Gasteiger partial charge in [0.2, 0.25) is 0 Å². The van der Waals surface area contributed by atoms with Crippen molar-refractivity contribution in [2.45, 2.75) is 19.1 Å². The van der Waals surface area contributed by atoms with Gasteiger partial charge in [0.25, 0.3) is 5.91 Å². The Balaban J connectivity index is 1.84. The Kier molecular flexibility index (Phi) is 5.89. The van der Waals surface area contributed by atoms with Crippen molar-refractivity contribution in [2.24, 2.45) is 0 Å². The highest BCUT2D eigenvalue weighted by Gasteiger charge is 2.47. The molecule has 1 aliphatic rings. The average Bonchev–Trinajstić information content (AvgIpc) is 2.92. The molecule has 0 saturated carbocycles. The van der Waals surface area contributed by atoms with E-state index in [2.05, 4.69) is 0 Å². The molecule has 2 aromatic carbocycles. The van der Waals surface area contributed by atoms with Gasteiger partial charge in [0.15, 0.2) is 5.78 Å². The smallest absolute Gasteiger partial charge is 0.417 e. The van der Waals surface area contributed by atoms with Gasteiger partial charge in [-0.25, -0.2) is 9.69 Å². The number of benzene rings is 2. The highest BCUT2D eigenvalue weighted by atomic mass is 16.6. The van der Waals surface area contributed by atoms with Gasteiger partial charge in [0.05, 0.1) is 0 Å². The van der Waals surface area contributed by atoms with Crippen LogP contribution in [0.25, 0.3) is 0 Å². The lowest BCUT2D eigenvalue weighted by Gasteiger charge is -2.20. The molecule has 1 atom stereocenters. The maximum absolute atomic E-state index is 12.9. The van der Waals surface area contributed by atoms with Crippen LogP contribution >= 0.6 is 0 Å². The van der Waals surface area contributed by atoms with Crippen molar-refractivity contribution >= 4 is 17.8 Å². The zero-order valence-electron chi connectivity index (χ0n) is 15.9. The summed E-state index contributed by atoms with van der Waals surface area (Å²) in [7, 11) is 3.44. The Bertz CT molecular complexity index is 891. The Hall–Kier alpha value is -3.41. The van der Waals surface area contributed by atoms with Gasteiger partial charge in [0, 0.05) is 26.7 Å². The van der Waals surface area contributed by atoms with E-state index in [-0.39, 0.29) is 24.4 Å². The normalized spacial score (nSPS) is 17.9. The summed E-state index contributed by atoms with van der Waals surface area (Å²) in [6, 6.07) is 17.6. The number of carbonyl (C=O) groups is 3. The van der Waals surface area contributed by atoms with Crippen molar-refractivity contribution in [3.63, 3.8) is 0 Å². The van der Waals surface area contributed by atoms with Gasteiger partial charge in [-0.1, -0.05) is 60.7 Å². The van der Waals surface area contributed by atoms with Gasteiger partial charge >= 0.3 is 6.09 Å². The molecule has 28 heavy (non-hydrogen) atoms. The highest BCUT2D eigenvalue weighted by Crippen LogP contribution is 2.25. The number of rotatable bonds is 5. The van der Waals surface area contributed by atoms with Gasteiger partial charge in [0.1, 0.15) is 18.2 Å². The molecule has 1 fully saturated rings. The molecular weight excluding hydrogens is 356 g/mol. The molecule has 1 unspecified atom stereocenters. The first-order chi connectivity index (χ1) is 13.5. The van der Waals surface area contributed by atoms with Crippen LogP contribution in [0, 0.1) is 0 Å². The second kappa shape index (κ2) is 8.52. The van der Waals surface area contributed by atoms with E-state index in [0.29, 0.717) is 0 Å². The van der Waals surface area contributed by atoms with Crippen molar-refractivity contribution in [1.82, 2.24) is 9.80 Å². The molecule has 0 bridgehead atoms. The molecule has 0 aromatic heterocycles. The fourth-order valence-corrected chi connectivity index (χ4v) is 3.07. The SMILES string of the molecule is CN(C)/C=C1\C(=O)C(Cc2ccccc2)N(C(=O)OCc2ccccc2)C1=O. The van der Waals surface area contributed by atoms with Gasteiger partial charge in [-0.3, -0.25) is 9.59 Å². The van der Waals surface area contributed by atoms with Crippen molar-refractivity contribution in [1.29, 1.82) is 0 Å². The highest BCUT2D eigenvalue weighted by molar-refractivity contribution is 6.29. The van der Waals surface area contributed by atoms with Crippen LogP contribution in [0.15, 0.2) is 72.4 Å². The molecule has 144 valence electrons. The monoisotopic (exact) mass is 378 g/mol. The van der Waals surface area contributed by atoms with Crippen LogP contribution in [-0.4, -0.2) is 47.7 Å². The molecular formula is C22H22N2O4.